The monoisotopic (exact) mass is 378 g/mol. The van der Waals surface area contributed by atoms with Crippen LogP contribution in [-0.4, -0.2) is 12.8 Å². The number of aryl methyl sites for hydroxylation is 2. The van der Waals surface area contributed by atoms with E-state index in [4.69, 9.17) is 13.9 Å². The fourth-order valence-corrected chi connectivity index (χ4v) is 3.16. The normalized spacial score (nSPS) is 10.6. The number of rotatable bonds is 7. The van der Waals surface area contributed by atoms with E-state index < -0.39 is 11.6 Å². The van der Waals surface area contributed by atoms with Gasteiger partial charge in [-0.15, -0.1) is 0 Å². The molecule has 0 N–H and O–H groups in total. The van der Waals surface area contributed by atoms with Crippen molar-refractivity contribution in [3.05, 3.63) is 76.7 Å². The highest BCUT2D eigenvalue weighted by molar-refractivity contribution is 5.84. The summed E-state index contributed by atoms with van der Waals surface area (Å²) in [4.78, 5) is 23.8. The molecule has 144 valence electrons. The lowest BCUT2D eigenvalue weighted by Crippen LogP contribution is -2.08. The van der Waals surface area contributed by atoms with Crippen LogP contribution in [0.15, 0.2) is 64.3 Å². The molecule has 1 aromatic heterocycles. The second kappa shape index (κ2) is 8.57. The minimum atomic E-state index is -0.571. The lowest BCUT2D eigenvalue weighted by Gasteiger charge is -2.13. The quantitative estimate of drug-likeness (QED) is 0.259. The van der Waals surface area contributed by atoms with E-state index in [1.54, 1.807) is 12.1 Å². The van der Waals surface area contributed by atoms with Crippen molar-refractivity contribution in [2.24, 2.45) is 0 Å². The van der Waals surface area contributed by atoms with Gasteiger partial charge in [0.15, 0.2) is 0 Å². The summed E-state index contributed by atoms with van der Waals surface area (Å²) in [7, 11) is 0. The molecule has 0 saturated heterocycles. The summed E-state index contributed by atoms with van der Waals surface area (Å²) >= 11 is 0. The van der Waals surface area contributed by atoms with E-state index in [1.807, 2.05) is 30.3 Å². The third kappa shape index (κ3) is 3.98. The van der Waals surface area contributed by atoms with Gasteiger partial charge >= 0.3 is 11.6 Å². The molecule has 0 saturated carbocycles. The minimum Gasteiger partial charge on any atom is -0.457 e. The Balaban J connectivity index is 1.99. The number of benzene rings is 2. The lowest BCUT2D eigenvalue weighted by atomic mass is 9.92. The van der Waals surface area contributed by atoms with Crippen LogP contribution >= 0.6 is 0 Å². The SMILES string of the molecule is C=CC(=O)OCOc1ccc2cc(-c3c(CC)cccc3CC)c(=O)oc2c1. The van der Waals surface area contributed by atoms with Gasteiger partial charge in [-0.25, -0.2) is 9.59 Å². The summed E-state index contributed by atoms with van der Waals surface area (Å²) in [6.45, 7) is 7.21. The lowest BCUT2D eigenvalue weighted by molar-refractivity contribution is -0.144. The predicted molar refractivity (Wildman–Crippen MR) is 108 cm³/mol. The molecule has 0 bridgehead atoms. The fourth-order valence-electron chi connectivity index (χ4n) is 3.16. The predicted octanol–water partition coefficient (Wildman–Crippen LogP) is 4.65. The average Bonchev–Trinajstić information content (AvgIpc) is 2.72. The van der Waals surface area contributed by atoms with Crippen molar-refractivity contribution in [1.29, 1.82) is 0 Å². The van der Waals surface area contributed by atoms with E-state index in [9.17, 15) is 9.59 Å². The zero-order valence-corrected chi connectivity index (χ0v) is 16.0. The first-order chi connectivity index (χ1) is 13.6. The first-order valence-corrected chi connectivity index (χ1v) is 9.18. The van der Waals surface area contributed by atoms with Gasteiger partial charge in [0.1, 0.15) is 11.3 Å². The van der Waals surface area contributed by atoms with Gasteiger partial charge in [0, 0.05) is 17.5 Å². The molecule has 2 aromatic carbocycles. The second-order valence-electron chi connectivity index (χ2n) is 6.24. The maximum Gasteiger partial charge on any atom is 0.344 e. The Hall–Kier alpha value is -3.34. The molecule has 3 aromatic rings. The molecular weight excluding hydrogens is 356 g/mol. The van der Waals surface area contributed by atoms with Crippen LogP contribution in [0.4, 0.5) is 0 Å². The van der Waals surface area contributed by atoms with Crippen LogP contribution < -0.4 is 10.4 Å². The summed E-state index contributed by atoms with van der Waals surface area (Å²) in [6.07, 6.45) is 2.72. The van der Waals surface area contributed by atoms with Crippen LogP contribution in [0.1, 0.15) is 25.0 Å². The van der Waals surface area contributed by atoms with Gasteiger partial charge in [-0.2, -0.15) is 0 Å². The van der Waals surface area contributed by atoms with Crippen molar-refractivity contribution in [2.75, 3.05) is 6.79 Å². The standard InChI is InChI=1S/C23H22O5/c1-4-15-8-7-9-16(5-2)22(15)19-12-17-10-11-18(13-20(17)28-23(19)25)26-14-27-21(24)6-3/h6-13H,3-5,14H2,1-2H3. The van der Waals surface area contributed by atoms with Crippen LogP contribution in [0.2, 0.25) is 0 Å². The summed E-state index contributed by atoms with van der Waals surface area (Å²) < 4.78 is 15.7. The molecule has 0 fully saturated rings. The zero-order chi connectivity index (χ0) is 20.1. The molecule has 5 heteroatoms. The maximum absolute atomic E-state index is 12.7. The Labute approximate surface area is 163 Å². The van der Waals surface area contributed by atoms with Crippen molar-refractivity contribution >= 4 is 16.9 Å². The summed E-state index contributed by atoms with van der Waals surface area (Å²) in [5.74, 6) is -0.137. The first kappa shape index (κ1) is 19.4. The van der Waals surface area contributed by atoms with Gasteiger partial charge in [0.25, 0.3) is 0 Å². The Bertz CT molecular complexity index is 1060. The molecule has 0 radical (unpaired) electrons. The third-order valence-corrected chi connectivity index (χ3v) is 4.57. The second-order valence-corrected chi connectivity index (χ2v) is 6.24. The number of esters is 1. The van der Waals surface area contributed by atoms with E-state index in [1.165, 1.54) is 0 Å². The number of ether oxygens (including phenoxy) is 2. The molecule has 0 amide bonds. The zero-order valence-electron chi connectivity index (χ0n) is 16.0. The van der Waals surface area contributed by atoms with Gasteiger partial charge in [0.05, 0.1) is 5.56 Å². The van der Waals surface area contributed by atoms with Gasteiger partial charge in [-0.05, 0) is 47.7 Å². The molecular formula is C23H22O5. The minimum absolute atomic E-state index is 0.248. The number of hydrogen-bond acceptors (Lipinski definition) is 5. The van der Waals surface area contributed by atoms with Gasteiger partial charge in [0.2, 0.25) is 6.79 Å². The van der Waals surface area contributed by atoms with E-state index in [0.29, 0.717) is 16.9 Å². The van der Waals surface area contributed by atoms with Crippen molar-refractivity contribution in [2.45, 2.75) is 26.7 Å². The summed E-state index contributed by atoms with van der Waals surface area (Å²) in [5, 5.41) is 0.790. The van der Waals surface area contributed by atoms with Crippen molar-refractivity contribution < 1.29 is 18.7 Å². The number of carbonyl (C=O) groups is 1. The van der Waals surface area contributed by atoms with Gasteiger partial charge in [-0.1, -0.05) is 38.6 Å². The average molecular weight is 378 g/mol. The molecule has 0 spiro atoms. The molecule has 3 rings (SSSR count). The highest BCUT2D eigenvalue weighted by atomic mass is 16.7. The Morgan fingerprint density at radius 3 is 2.46 bits per heavy atom. The topological polar surface area (TPSA) is 65.7 Å². The van der Waals surface area contributed by atoms with E-state index in [0.717, 1.165) is 41.0 Å². The van der Waals surface area contributed by atoms with E-state index in [-0.39, 0.29) is 6.79 Å². The van der Waals surface area contributed by atoms with Crippen LogP contribution in [-0.2, 0) is 22.4 Å². The van der Waals surface area contributed by atoms with E-state index >= 15 is 0 Å². The van der Waals surface area contributed by atoms with Gasteiger partial charge < -0.3 is 13.9 Å². The molecule has 0 atom stereocenters. The summed E-state index contributed by atoms with van der Waals surface area (Å²) in [6, 6.07) is 13.1. The Morgan fingerprint density at radius 1 is 1.11 bits per heavy atom. The van der Waals surface area contributed by atoms with Crippen molar-refractivity contribution in [3.8, 4) is 16.9 Å². The Kier molecular flexibility index (Phi) is 5.94. The molecule has 0 aliphatic rings. The maximum atomic E-state index is 12.7. The van der Waals surface area contributed by atoms with Gasteiger partial charge in [-0.3, -0.25) is 0 Å². The number of fused-ring (bicyclic) bond motifs is 1. The molecule has 0 aliphatic carbocycles. The van der Waals surface area contributed by atoms with Crippen LogP contribution in [0, 0.1) is 0 Å². The van der Waals surface area contributed by atoms with Crippen LogP contribution in [0.3, 0.4) is 0 Å². The third-order valence-electron chi connectivity index (χ3n) is 4.57. The molecule has 1 heterocycles. The molecule has 0 unspecified atom stereocenters. The van der Waals surface area contributed by atoms with Crippen molar-refractivity contribution in [3.63, 3.8) is 0 Å². The molecule has 5 nitrogen and oxygen atoms in total. The molecule has 28 heavy (non-hydrogen) atoms. The van der Waals surface area contributed by atoms with E-state index in [2.05, 4.69) is 20.4 Å². The van der Waals surface area contributed by atoms with Crippen LogP contribution in [0.5, 0.6) is 5.75 Å². The Morgan fingerprint density at radius 2 is 1.82 bits per heavy atom. The largest absolute Gasteiger partial charge is 0.457 e. The van der Waals surface area contributed by atoms with Crippen LogP contribution in [0.25, 0.3) is 22.1 Å². The number of hydrogen-bond donors (Lipinski definition) is 0. The van der Waals surface area contributed by atoms with Crippen molar-refractivity contribution in [1.82, 2.24) is 0 Å². The fraction of sp³-hybridized carbons (Fsp3) is 0.217. The highest BCUT2D eigenvalue weighted by Crippen LogP contribution is 2.30. The number of carbonyl (C=O) groups excluding carboxylic acids is 1. The smallest absolute Gasteiger partial charge is 0.344 e. The highest BCUT2D eigenvalue weighted by Gasteiger charge is 2.15. The summed E-state index contributed by atoms with van der Waals surface area (Å²) in [5.41, 5.74) is 3.78. The molecule has 0 aliphatic heterocycles. The first-order valence-electron chi connectivity index (χ1n) is 9.18.